The highest BCUT2D eigenvalue weighted by Crippen LogP contribution is 2.10. The van der Waals surface area contributed by atoms with Crippen LogP contribution in [0.5, 0.6) is 0 Å². The molecule has 3 N–H and O–H groups in total. The topological polar surface area (TPSA) is 118 Å². The minimum atomic E-state index is -0.985. The lowest BCUT2D eigenvalue weighted by Crippen LogP contribution is -2.26. The number of nitrogens with one attached hydrogen (secondary N) is 2. The molecule has 1 aromatic carbocycles. The molecule has 0 aliphatic rings. The Kier molecular flexibility index (Phi) is 6.48. The Morgan fingerprint density at radius 3 is 2.19 bits per heavy atom. The molecule has 0 fully saturated rings. The van der Waals surface area contributed by atoms with Crippen LogP contribution in [0.4, 0.5) is 5.69 Å². The van der Waals surface area contributed by atoms with Crippen molar-refractivity contribution in [2.24, 2.45) is 0 Å². The summed E-state index contributed by atoms with van der Waals surface area (Å²) in [5.74, 6) is -1.63. The molecule has 142 valence electrons. The second-order valence-corrected chi connectivity index (χ2v) is 6.09. The predicted octanol–water partition coefficient (Wildman–Crippen LogP) is 1.31. The number of anilines is 1. The fraction of sp³-hybridized carbons (Fsp3) is 0.263. The third kappa shape index (κ3) is 5.81. The van der Waals surface area contributed by atoms with Gasteiger partial charge in [0.25, 0.3) is 5.91 Å². The number of carbonyl (C=O) groups is 3. The molecule has 0 unspecified atom stereocenters. The van der Waals surface area contributed by atoms with Crippen LogP contribution in [0.1, 0.15) is 28.2 Å². The number of aliphatic carboxylic acids is 1. The Hall–Kier alpha value is -3.42. The second kappa shape index (κ2) is 8.79. The molecule has 0 saturated heterocycles. The predicted molar refractivity (Wildman–Crippen MR) is 99.8 cm³/mol. The van der Waals surface area contributed by atoms with E-state index < -0.39 is 5.97 Å². The summed E-state index contributed by atoms with van der Waals surface area (Å²) in [7, 11) is 0. The van der Waals surface area contributed by atoms with Crippen LogP contribution >= 0.6 is 0 Å². The van der Waals surface area contributed by atoms with E-state index in [1.54, 1.807) is 42.7 Å². The number of hydrogen-bond acceptors (Lipinski definition) is 4. The Bertz CT molecular complexity index is 890. The Labute approximate surface area is 155 Å². The highest BCUT2D eigenvalue weighted by Gasteiger charge is 2.09. The highest BCUT2D eigenvalue weighted by molar-refractivity contribution is 5.95. The third-order valence-electron chi connectivity index (χ3n) is 3.91. The van der Waals surface area contributed by atoms with Gasteiger partial charge in [-0.25, -0.2) is 0 Å². The summed E-state index contributed by atoms with van der Waals surface area (Å²) in [6.07, 6.45) is -0.149. The second-order valence-electron chi connectivity index (χ2n) is 6.09. The molecule has 27 heavy (non-hydrogen) atoms. The molecule has 0 radical (unpaired) electrons. The van der Waals surface area contributed by atoms with Crippen LogP contribution in [-0.4, -0.2) is 34.0 Å². The highest BCUT2D eigenvalue weighted by atomic mass is 16.4. The van der Waals surface area contributed by atoms with Crippen molar-refractivity contribution in [2.45, 2.75) is 26.8 Å². The molecule has 2 aromatic rings. The van der Waals surface area contributed by atoms with E-state index in [9.17, 15) is 19.2 Å². The molecule has 0 bridgehead atoms. The molecule has 8 heteroatoms. The summed E-state index contributed by atoms with van der Waals surface area (Å²) in [5.41, 5.74) is 2.19. The minimum absolute atomic E-state index is 0.0464. The summed E-state index contributed by atoms with van der Waals surface area (Å²) in [5, 5.41) is 13.8. The molecular formula is C19H21N3O5. The number of carboxylic acids is 1. The summed E-state index contributed by atoms with van der Waals surface area (Å²) < 4.78 is 1.74. The first kappa shape index (κ1) is 19.9. The van der Waals surface area contributed by atoms with Gasteiger partial charge in [0, 0.05) is 41.3 Å². The van der Waals surface area contributed by atoms with E-state index in [0.29, 0.717) is 22.6 Å². The number of carboxylic acid groups (broad SMARTS) is 1. The first-order chi connectivity index (χ1) is 12.8. The zero-order valence-corrected chi connectivity index (χ0v) is 15.1. The Morgan fingerprint density at radius 2 is 1.63 bits per heavy atom. The Morgan fingerprint density at radius 1 is 1.04 bits per heavy atom. The fourth-order valence-electron chi connectivity index (χ4n) is 2.57. The number of amides is 2. The van der Waals surface area contributed by atoms with Crippen LogP contribution in [0.15, 0.2) is 41.2 Å². The van der Waals surface area contributed by atoms with Gasteiger partial charge in [-0.15, -0.1) is 0 Å². The molecule has 2 rings (SSSR count). The number of nitrogens with zero attached hydrogens (tertiary/aromatic N) is 1. The molecule has 1 heterocycles. The zero-order valence-electron chi connectivity index (χ0n) is 15.1. The van der Waals surface area contributed by atoms with Gasteiger partial charge in [0.1, 0.15) is 6.54 Å². The number of pyridine rings is 1. The lowest BCUT2D eigenvalue weighted by Gasteiger charge is -2.14. The molecule has 0 spiro atoms. The van der Waals surface area contributed by atoms with Crippen LogP contribution < -0.4 is 16.1 Å². The summed E-state index contributed by atoms with van der Waals surface area (Å²) in [6.45, 7) is 3.64. The molecule has 0 aliphatic heterocycles. The number of rotatable bonds is 7. The van der Waals surface area contributed by atoms with Crippen LogP contribution in [0.2, 0.25) is 0 Å². The number of carbonyl (C=O) groups excluding carboxylic acids is 2. The van der Waals surface area contributed by atoms with Gasteiger partial charge in [0.2, 0.25) is 5.91 Å². The molecule has 0 saturated carbocycles. The number of aryl methyl sites for hydroxylation is 2. The van der Waals surface area contributed by atoms with Crippen molar-refractivity contribution < 1.29 is 19.5 Å². The van der Waals surface area contributed by atoms with Gasteiger partial charge in [0.15, 0.2) is 5.43 Å². The number of hydrogen-bond donors (Lipinski definition) is 3. The average molecular weight is 371 g/mol. The van der Waals surface area contributed by atoms with E-state index in [4.69, 9.17) is 5.11 Å². The van der Waals surface area contributed by atoms with Gasteiger partial charge >= 0.3 is 5.97 Å². The van der Waals surface area contributed by atoms with Gasteiger partial charge in [-0.05, 0) is 38.1 Å². The maximum atomic E-state index is 12.3. The smallest absolute Gasteiger partial charge is 0.305 e. The summed E-state index contributed by atoms with van der Waals surface area (Å²) in [4.78, 5) is 46.0. The minimum Gasteiger partial charge on any atom is -0.481 e. The zero-order chi connectivity index (χ0) is 20.0. The summed E-state index contributed by atoms with van der Waals surface area (Å²) >= 11 is 0. The molecule has 0 atom stereocenters. The van der Waals surface area contributed by atoms with Gasteiger partial charge in [-0.2, -0.15) is 0 Å². The van der Waals surface area contributed by atoms with Crippen LogP contribution in [0.3, 0.4) is 0 Å². The van der Waals surface area contributed by atoms with Crippen molar-refractivity contribution in [1.82, 2.24) is 9.88 Å². The number of benzene rings is 1. The van der Waals surface area contributed by atoms with E-state index in [0.717, 1.165) is 0 Å². The lowest BCUT2D eigenvalue weighted by atomic mass is 10.2. The molecule has 2 amide bonds. The van der Waals surface area contributed by atoms with E-state index in [1.165, 1.54) is 12.1 Å². The van der Waals surface area contributed by atoms with Crippen molar-refractivity contribution in [1.29, 1.82) is 0 Å². The average Bonchev–Trinajstić information content (AvgIpc) is 2.58. The number of aromatic nitrogens is 1. The fourth-order valence-corrected chi connectivity index (χ4v) is 2.57. The first-order valence-electron chi connectivity index (χ1n) is 8.34. The van der Waals surface area contributed by atoms with E-state index >= 15 is 0 Å². The van der Waals surface area contributed by atoms with Crippen LogP contribution in [-0.2, 0) is 16.1 Å². The van der Waals surface area contributed by atoms with Crippen molar-refractivity contribution in [2.75, 3.05) is 11.9 Å². The summed E-state index contributed by atoms with van der Waals surface area (Å²) in [6, 6.07) is 9.21. The van der Waals surface area contributed by atoms with Crippen molar-refractivity contribution in [3.8, 4) is 0 Å². The van der Waals surface area contributed by atoms with Gasteiger partial charge in [-0.3, -0.25) is 19.2 Å². The third-order valence-corrected chi connectivity index (χ3v) is 3.91. The normalized spacial score (nSPS) is 10.3. The monoisotopic (exact) mass is 371 g/mol. The maximum absolute atomic E-state index is 12.3. The molecule has 1 aromatic heterocycles. The largest absolute Gasteiger partial charge is 0.481 e. The molecule has 8 nitrogen and oxygen atoms in total. The van der Waals surface area contributed by atoms with Crippen molar-refractivity contribution in [3.63, 3.8) is 0 Å². The van der Waals surface area contributed by atoms with Crippen molar-refractivity contribution >= 4 is 23.5 Å². The first-order valence-corrected chi connectivity index (χ1v) is 8.34. The van der Waals surface area contributed by atoms with Gasteiger partial charge < -0.3 is 20.3 Å². The lowest BCUT2D eigenvalue weighted by molar-refractivity contribution is -0.136. The van der Waals surface area contributed by atoms with E-state index in [2.05, 4.69) is 10.6 Å². The maximum Gasteiger partial charge on any atom is 0.305 e. The van der Waals surface area contributed by atoms with Gasteiger partial charge in [0.05, 0.1) is 6.42 Å². The quantitative estimate of drug-likeness (QED) is 0.678. The van der Waals surface area contributed by atoms with Crippen LogP contribution in [0.25, 0.3) is 0 Å². The van der Waals surface area contributed by atoms with Crippen molar-refractivity contribution in [3.05, 3.63) is 63.6 Å². The van der Waals surface area contributed by atoms with Crippen LogP contribution in [0, 0.1) is 13.8 Å². The van der Waals surface area contributed by atoms with E-state index in [-0.39, 0.29) is 36.8 Å². The van der Waals surface area contributed by atoms with Gasteiger partial charge in [-0.1, -0.05) is 0 Å². The molecular weight excluding hydrogens is 350 g/mol. The standard InChI is InChI=1S/C19H21N3O5/c1-12-9-16(23)10-13(2)22(12)11-17(24)21-15-5-3-14(4-6-15)19(27)20-8-7-18(25)26/h3-6,9-10H,7-8,11H2,1-2H3,(H,20,27)(H,21,24)(H,25,26). The molecule has 0 aliphatic carbocycles. The SMILES string of the molecule is Cc1cc(=O)cc(C)n1CC(=O)Nc1ccc(C(=O)NCCC(=O)O)cc1. The van der Waals surface area contributed by atoms with E-state index in [1.807, 2.05) is 0 Å². The Balaban J connectivity index is 1.96.